The Morgan fingerprint density at radius 3 is 2.41 bits per heavy atom. The number of amides is 2. The Bertz CT molecular complexity index is 1540. The fourth-order valence-electron chi connectivity index (χ4n) is 3.74. The third-order valence-electron chi connectivity index (χ3n) is 5.85. The molecule has 2 aromatic carbocycles. The normalized spacial score (nSPS) is 12.0. The molecule has 1 atom stereocenters. The van der Waals surface area contributed by atoms with Crippen molar-refractivity contribution in [3.8, 4) is 16.9 Å². The number of rotatable bonds is 10. The summed E-state index contributed by atoms with van der Waals surface area (Å²) >= 11 is 3.27. The van der Waals surface area contributed by atoms with E-state index < -0.39 is 53.6 Å². The van der Waals surface area contributed by atoms with Crippen molar-refractivity contribution in [2.45, 2.75) is 25.5 Å². The van der Waals surface area contributed by atoms with E-state index in [1.165, 1.54) is 30.3 Å². The van der Waals surface area contributed by atoms with Gasteiger partial charge in [-0.25, -0.2) is 22.4 Å². The first-order valence-corrected chi connectivity index (χ1v) is 12.7. The first kappa shape index (κ1) is 29.6. The second-order valence-electron chi connectivity index (χ2n) is 8.81. The zero-order valence-electron chi connectivity index (χ0n) is 21.3. The molecular weight excluding hydrogens is 614 g/mol. The number of aromatic nitrogens is 1. The number of halogens is 5. The first-order chi connectivity index (χ1) is 19.4. The highest BCUT2D eigenvalue weighted by molar-refractivity contribution is 9.10. The van der Waals surface area contributed by atoms with Crippen LogP contribution in [-0.2, 0) is 17.2 Å². The zero-order chi connectivity index (χ0) is 29.7. The molecule has 2 aromatic heterocycles. The Morgan fingerprint density at radius 2 is 1.78 bits per heavy atom. The predicted molar refractivity (Wildman–Crippen MR) is 142 cm³/mol. The lowest BCUT2D eigenvalue weighted by molar-refractivity contribution is 0.0175. The number of carbonyl (C=O) groups is 2. The van der Waals surface area contributed by atoms with Gasteiger partial charge >= 0.3 is 6.09 Å². The minimum Gasteiger partial charge on any atom is -0.476 e. The average Bonchev–Trinajstić information content (AvgIpc) is 3.32. The Labute approximate surface area is 239 Å². The van der Waals surface area contributed by atoms with Crippen LogP contribution in [0.2, 0.25) is 0 Å². The van der Waals surface area contributed by atoms with Gasteiger partial charge in [0, 0.05) is 37.0 Å². The van der Waals surface area contributed by atoms with Crippen molar-refractivity contribution in [3.05, 3.63) is 106 Å². The van der Waals surface area contributed by atoms with Gasteiger partial charge in [0.25, 0.3) is 11.8 Å². The van der Waals surface area contributed by atoms with E-state index in [0.29, 0.717) is 11.1 Å². The van der Waals surface area contributed by atoms with Crippen molar-refractivity contribution >= 4 is 27.9 Å². The zero-order valence-corrected chi connectivity index (χ0v) is 22.9. The van der Waals surface area contributed by atoms with Crippen molar-refractivity contribution in [1.29, 1.82) is 0 Å². The molecule has 8 nitrogen and oxygen atoms in total. The Hall–Kier alpha value is -4.39. The van der Waals surface area contributed by atoms with Crippen molar-refractivity contribution in [3.63, 3.8) is 0 Å². The molecule has 214 valence electrons. The van der Waals surface area contributed by atoms with E-state index in [4.69, 9.17) is 19.6 Å². The number of hydrogen-bond acceptors (Lipinski definition) is 6. The first-order valence-electron chi connectivity index (χ1n) is 12.0. The summed E-state index contributed by atoms with van der Waals surface area (Å²) in [5, 5.41) is 2.54. The summed E-state index contributed by atoms with van der Waals surface area (Å²) in [6, 6.07) is 12.0. The fraction of sp³-hybridized carbons (Fsp3) is 0.179. The number of alkyl halides is 2. The maximum Gasteiger partial charge on any atom is 0.407 e. The highest BCUT2D eigenvalue weighted by Gasteiger charge is 2.28. The molecule has 2 heterocycles. The molecule has 13 heteroatoms. The Morgan fingerprint density at radius 1 is 1.10 bits per heavy atom. The smallest absolute Gasteiger partial charge is 0.407 e. The third-order valence-corrected chi connectivity index (χ3v) is 6.44. The summed E-state index contributed by atoms with van der Waals surface area (Å²) in [4.78, 5) is 27.8. The maximum atomic E-state index is 15.0. The van der Waals surface area contributed by atoms with Gasteiger partial charge in [-0.15, -0.1) is 0 Å². The summed E-state index contributed by atoms with van der Waals surface area (Å²) in [6.45, 7) is 0.400. The summed E-state index contributed by atoms with van der Waals surface area (Å²) in [5.74, 6) is -7.45. The Balaban J connectivity index is 1.60. The van der Waals surface area contributed by atoms with E-state index in [9.17, 15) is 27.2 Å². The van der Waals surface area contributed by atoms with Gasteiger partial charge in [0.1, 0.15) is 23.7 Å². The number of nitrogens with one attached hydrogen (secondary N) is 1. The number of benzene rings is 2. The average molecular weight is 636 g/mol. The molecule has 0 aliphatic heterocycles. The molecule has 0 spiro atoms. The molecule has 4 rings (SSSR count). The molecule has 1 unspecified atom stereocenters. The van der Waals surface area contributed by atoms with Gasteiger partial charge in [0.05, 0.1) is 0 Å². The number of nitrogens with two attached hydrogens (primary N) is 1. The minimum atomic E-state index is -3.03. The number of nitrogens with zero attached hydrogens (tertiary/aromatic N) is 1. The lowest BCUT2D eigenvalue weighted by Crippen LogP contribution is -2.27. The van der Waals surface area contributed by atoms with Crippen LogP contribution in [0, 0.1) is 11.6 Å². The number of pyridine rings is 1. The second-order valence-corrected chi connectivity index (χ2v) is 9.53. The van der Waals surface area contributed by atoms with Crippen LogP contribution in [0.15, 0.2) is 76.1 Å². The number of alkyl carbamates (subject to hydrolysis) is 1. The maximum absolute atomic E-state index is 15.0. The van der Waals surface area contributed by atoms with Gasteiger partial charge in [-0.2, -0.15) is 0 Å². The molecule has 0 fully saturated rings. The lowest BCUT2D eigenvalue weighted by Gasteiger charge is -2.18. The van der Waals surface area contributed by atoms with Crippen LogP contribution in [0.4, 0.5) is 22.4 Å². The van der Waals surface area contributed by atoms with Crippen molar-refractivity contribution < 1.29 is 41.0 Å². The molecule has 2 amide bonds. The molecule has 0 radical (unpaired) electrons. The largest absolute Gasteiger partial charge is 0.476 e. The van der Waals surface area contributed by atoms with Crippen LogP contribution in [0.5, 0.6) is 5.75 Å². The summed E-state index contributed by atoms with van der Waals surface area (Å²) in [6.07, 6.45) is 0.969. The van der Waals surface area contributed by atoms with E-state index in [-0.39, 0.29) is 22.5 Å². The third kappa shape index (κ3) is 7.23. The molecular formula is C28H22BrF4N3O5. The summed E-state index contributed by atoms with van der Waals surface area (Å²) < 4.78 is 73.1. The molecule has 41 heavy (non-hydrogen) atoms. The van der Waals surface area contributed by atoms with Crippen LogP contribution < -0.4 is 15.8 Å². The van der Waals surface area contributed by atoms with E-state index in [1.54, 1.807) is 24.5 Å². The number of carbonyl (C=O) groups excluding carboxylic acids is 2. The molecule has 0 aliphatic rings. The van der Waals surface area contributed by atoms with Crippen LogP contribution in [0.1, 0.15) is 40.3 Å². The van der Waals surface area contributed by atoms with E-state index >= 15 is 0 Å². The van der Waals surface area contributed by atoms with Crippen LogP contribution in [0.3, 0.4) is 0 Å². The fourth-order valence-corrected chi connectivity index (χ4v) is 4.27. The van der Waals surface area contributed by atoms with Gasteiger partial charge in [0.2, 0.25) is 0 Å². The number of primary amides is 1. The van der Waals surface area contributed by atoms with Gasteiger partial charge in [-0.1, -0.05) is 24.3 Å². The molecule has 0 saturated heterocycles. The molecule has 4 aromatic rings. The lowest BCUT2D eigenvalue weighted by atomic mass is 10.0. The number of furan rings is 1. The highest BCUT2D eigenvalue weighted by atomic mass is 79.9. The van der Waals surface area contributed by atoms with E-state index in [0.717, 1.165) is 24.6 Å². The molecule has 0 saturated carbocycles. The van der Waals surface area contributed by atoms with Crippen molar-refractivity contribution in [2.75, 3.05) is 6.61 Å². The van der Waals surface area contributed by atoms with E-state index in [1.807, 2.05) is 0 Å². The van der Waals surface area contributed by atoms with Gasteiger partial charge in [0.15, 0.2) is 22.3 Å². The standard InChI is InChI=1S/C28H22BrF4N3O5/c1-28(32,33)17-4-2-16(3-5-17)18-12-21(41-25(18)29)22(14-39-27(38)36-13-15-8-10-35-11-9-15)40-20-7-6-19(30)23(24(20)31)26(34)37/h2-12,22H,13-14H2,1H3,(H2,34,37)(H,36,38). The number of ether oxygens (including phenoxy) is 2. The highest BCUT2D eigenvalue weighted by Crippen LogP contribution is 2.37. The van der Waals surface area contributed by atoms with Crippen LogP contribution in [-0.4, -0.2) is 23.6 Å². The van der Waals surface area contributed by atoms with Gasteiger partial charge in [-0.05, 0) is 57.4 Å². The van der Waals surface area contributed by atoms with E-state index in [2.05, 4.69) is 26.2 Å². The monoisotopic (exact) mass is 635 g/mol. The van der Waals surface area contributed by atoms with Crippen LogP contribution >= 0.6 is 15.9 Å². The molecule has 3 N–H and O–H groups in total. The van der Waals surface area contributed by atoms with Crippen molar-refractivity contribution in [1.82, 2.24) is 10.3 Å². The second kappa shape index (κ2) is 12.4. The predicted octanol–water partition coefficient (Wildman–Crippen LogP) is 6.64. The summed E-state index contributed by atoms with van der Waals surface area (Å²) in [5.41, 5.74) is 5.59. The Kier molecular flexibility index (Phi) is 8.96. The van der Waals surface area contributed by atoms with Gasteiger partial charge in [-0.3, -0.25) is 9.78 Å². The van der Waals surface area contributed by atoms with Crippen LogP contribution in [0.25, 0.3) is 11.1 Å². The molecule has 0 bridgehead atoms. The SMILES string of the molecule is CC(F)(F)c1ccc(-c2cc(C(COC(=O)NCc3ccncc3)Oc3ccc(F)c(C(N)=O)c3F)oc2Br)cc1. The molecule has 0 aliphatic carbocycles. The minimum absolute atomic E-state index is 0.0306. The number of hydrogen-bond donors (Lipinski definition) is 2. The van der Waals surface area contributed by atoms with Gasteiger partial charge < -0.3 is 24.9 Å². The summed E-state index contributed by atoms with van der Waals surface area (Å²) in [7, 11) is 0. The quantitative estimate of drug-likeness (QED) is 0.189. The topological polar surface area (TPSA) is 117 Å². The van der Waals surface area contributed by atoms with Crippen molar-refractivity contribution in [2.24, 2.45) is 5.73 Å².